The van der Waals surface area contributed by atoms with Crippen molar-refractivity contribution < 1.29 is 14.3 Å². The molecule has 0 aliphatic carbocycles. The Labute approximate surface area is 104 Å². The molecule has 0 bridgehead atoms. The molecule has 3 rings (SSSR count). The first-order valence-electron chi connectivity index (χ1n) is 5.62. The van der Waals surface area contributed by atoms with Crippen molar-refractivity contribution in [3.8, 4) is 0 Å². The van der Waals surface area contributed by atoms with Gasteiger partial charge in [0.1, 0.15) is 0 Å². The molecule has 1 aromatic rings. The maximum absolute atomic E-state index is 12.2. The Balaban J connectivity index is 2.10. The highest BCUT2D eigenvalue weighted by atomic mass is 16.6. The summed E-state index contributed by atoms with van der Waals surface area (Å²) in [7, 11) is 0. The number of esters is 1. The third-order valence-electron chi connectivity index (χ3n) is 3.12. The van der Waals surface area contributed by atoms with Gasteiger partial charge in [-0.1, -0.05) is 24.8 Å². The molecule has 0 radical (unpaired) electrons. The standard InChI is InChI=1S/C14H11NO3/c1-10-9-14(8-7-12(16)18-14)15(13(10)17)11-5-3-2-4-6-11/h2-8H,1,9H2. The first-order valence-corrected chi connectivity index (χ1v) is 5.62. The monoisotopic (exact) mass is 241 g/mol. The van der Waals surface area contributed by atoms with E-state index in [9.17, 15) is 9.59 Å². The van der Waals surface area contributed by atoms with Gasteiger partial charge in [0.25, 0.3) is 5.91 Å². The van der Waals surface area contributed by atoms with Crippen molar-refractivity contribution in [2.24, 2.45) is 0 Å². The summed E-state index contributed by atoms with van der Waals surface area (Å²) in [5, 5.41) is 0. The molecule has 1 aromatic carbocycles. The zero-order valence-electron chi connectivity index (χ0n) is 9.63. The van der Waals surface area contributed by atoms with Crippen LogP contribution in [-0.2, 0) is 14.3 Å². The van der Waals surface area contributed by atoms with Gasteiger partial charge in [0.05, 0.1) is 0 Å². The number of carbonyl (C=O) groups excluding carboxylic acids is 2. The smallest absolute Gasteiger partial charge is 0.333 e. The van der Waals surface area contributed by atoms with E-state index in [-0.39, 0.29) is 5.91 Å². The normalized spacial score (nSPS) is 26.2. The lowest BCUT2D eigenvalue weighted by atomic mass is 10.1. The Bertz CT molecular complexity index is 576. The SMILES string of the molecule is C=C1CC2(C=CC(=O)O2)N(c2ccccc2)C1=O. The summed E-state index contributed by atoms with van der Waals surface area (Å²) >= 11 is 0. The maximum Gasteiger partial charge on any atom is 0.333 e. The molecule has 1 atom stereocenters. The van der Waals surface area contributed by atoms with Crippen LogP contribution in [0.15, 0.2) is 54.6 Å². The summed E-state index contributed by atoms with van der Waals surface area (Å²) in [6.07, 6.45) is 3.28. The first-order chi connectivity index (χ1) is 8.62. The topological polar surface area (TPSA) is 46.6 Å². The van der Waals surface area contributed by atoms with Gasteiger partial charge in [-0.2, -0.15) is 0 Å². The first kappa shape index (κ1) is 10.8. The highest BCUT2D eigenvalue weighted by molar-refractivity contribution is 6.10. The van der Waals surface area contributed by atoms with E-state index in [0.717, 1.165) is 0 Å². The molecule has 2 aliphatic rings. The number of anilines is 1. The Hall–Kier alpha value is -2.36. The van der Waals surface area contributed by atoms with Crippen LogP contribution >= 0.6 is 0 Å². The minimum absolute atomic E-state index is 0.208. The molecule has 0 aromatic heterocycles. The van der Waals surface area contributed by atoms with E-state index in [1.807, 2.05) is 18.2 Å². The molecule has 1 unspecified atom stereocenters. The third-order valence-corrected chi connectivity index (χ3v) is 3.12. The van der Waals surface area contributed by atoms with E-state index < -0.39 is 11.7 Å². The Morgan fingerprint density at radius 3 is 2.56 bits per heavy atom. The Kier molecular flexibility index (Phi) is 2.13. The van der Waals surface area contributed by atoms with Gasteiger partial charge in [-0.25, -0.2) is 4.79 Å². The van der Waals surface area contributed by atoms with Crippen LogP contribution in [0.5, 0.6) is 0 Å². The van der Waals surface area contributed by atoms with Crippen LogP contribution in [-0.4, -0.2) is 17.6 Å². The fourth-order valence-electron chi connectivity index (χ4n) is 2.36. The molecule has 1 spiro atoms. The van der Waals surface area contributed by atoms with Crippen LogP contribution in [0.4, 0.5) is 5.69 Å². The van der Waals surface area contributed by atoms with Crippen molar-refractivity contribution in [2.45, 2.75) is 12.1 Å². The van der Waals surface area contributed by atoms with E-state index in [4.69, 9.17) is 4.74 Å². The van der Waals surface area contributed by atoms with E-state index in [1.54, 1.807) is 18.2 Å². The van der Waals surface area contributed by atoms with Gasteiger partial charge >= 0.3 is 5.97 Å². The number of hydrogen-bond acceptors (Lipinski definition) is 3. The average Bonchev–Trinajstić information content (AvgIpc) is 2.83. The number of rotatable bonds is 1. The number of nitrogens with zero attached hydrogens (tertiary/aromatic N) is 1. The molecular weight excluding hydrogens is 230 g/mol. The van der Waals surface area contributed by atoms with E-state index >= 15 is 0 Å². The number of hydrogen-bond donors (Lipinski definition) is 0. The minimum Gasteiger partial charge on any atom is -0.431 e. The molecule has 0 N–H and O–H groups in total. The van der Waals surface area contributed by atoms with Gasteiger partial charge in [-0.3, -0.25) is 9.69 Å². The summed E-state index contributed by atoms with van der Waals surface area (Å²) in [6, 6.07) is 9.13. The largest absolute Gasteiger partial charge is 0.431 e. The molecule has 4 nitrogen and oxygen atoms in total. The van der Waals surface area contributed by atoms with Gasteiger partial charge in [0.15, 0.2) is 0 Å². The number of amides is 1. The number of carbonyl (C=O) groups is 2. The molecule has 4 heteroatoms. The zero-order chi connectivity index (χ0) is 12.8. The van der Waals surface area contributed by atoms with Crippen LogP contribution in [0.3, 0.4) is 0 Å². The van der Waals surface area contributed by atoms with Crippen LogP contribution in [0.2, 0.25) is 0 Å². The van der Waals surface area contributed by atoms with Gasteiger partial charge in [0.2, 0.25) is 5.72 Å². The van der Waals surface area contributed by atoms with E-state index in [0.29, 0.717) is 17.7 Å². The van der Waals surface area contributed by atoms with Gasteiger partial charge in [-0.05, 0) is 18.2 Å². The van der Waals surface area contributed by atoms with Crippen LogP contribution in [0.25, 0.3) is 0 Å². The summed E-state index contributed by atoms with van der Waals surface area (Å²) in [5.74, 6) is -0.640. The predicted octanol–water partition coefficient (Wildman–Crippen LogP) is 1.79. The maximum atomic E-state index is 12.2. The van der Waals surface area contributed by atoms with E-state index in [2.05, 4.69) is 6.58 Å². The summed E-state index contributed by atoms with van der Waals surface area (Å²) < 4.78 is 5.31. The Morgan fingerprint density at radius 1 is 1.22 bits per heavy atom. The second kappa shape index (κ2) is 3.57. The lowest BCUT2D eigenvalue weighted by molar-refractivity contribution is -0.145. The molecule has 0 saturated carbocycles. The fourth-order valence-corrected chi connectivity index (χ4v) is 2.36. The molecule has 1 amide bonds. The van der Waals surface area contributed by atoms with E-state index in [1.165, 1.54) is 11.0 Å². The summed E-state index contributed by atoms with van der Waals surface area (Å²) in [4.78, 5) is 25.0. The second-order valence-electron chi connectivity index (χ2n) is 4.36. The quantitative estimate of drug-likeness (QED) is 0.556. The van der Waals surface area contributed by atoms with Crippen molar-refractivity contribution in [1.82, 2.24) is 0 Å². The number of ether oxygens (including phenoxy) is 1. The summed E-state index contributed by atoms with van der Waals surface area (Å²) in [6.45, 7) is 3.74. The number of benzene rings is 1. The summed E-state index contributed by atoms with van der Waals surface area (Å²) in [5.41, 5.74) is 0.116. The molecule has 1 fully saturated rings. The fraction of sp³-hybridized carbons (Fsp3) is 0.143. The number of para-hydroxylation sites is 1. The molecule has 18 heavy (non-hydrogen) atoms. The van der Waals surface area contributed by atoms with Crippen molar-refractivity contribution in [3.05, 3.63) is 54.6 Å². The predicted molar refractivity (Wildman–Crippen MR) is 65.6 cm³/mol. The van der Waals surface area contributed by atoms with Crippen LogP contribution in [0.1, 0.15) is 6.42 Å². The zero-order valence-corrected chi connectivity index (χ0v) is 9.63. The van der Waals surface area contributed by atoms with Gasteiger partial charge in [-0.15, -0.1) is 0 Å². The molecule has 2 heterocycles. The molecule has 1 saturated heterocycles. The lowest BCUT2D eigenvalue weighted by Crippen LogP contribution is -2.45. The third kappa shape index (κ3) is 1.39. The van der Waals surface area contributed by atoms with Crippen LogP contribution < -0.4 is 4.90 Å². The Morgan fingerprint density at radius 2 is 1.94 bits per heavy atom. The van der Waals surface area contributed by atoms with Crippen molar-refractivity contribution >= 4 is 17.6 Å². The highest BCUT2D eigenvalue weighted by Crippen LogP contribution is 2.41. The van der Waals surface area contributed by atoms with Gasteiger partial charge in [0, 0.05) is 23.8 Å². The minimum atomic E-state index is -1.02. The second-order valence-corrected chi connectivity index (χ2v) is 4.36. The lowest BCUT2D eigenvalue weighted by Gasteiger charge is -2.31. The molecule has 90 valence electrons. The van der Waals surface area contributed by atoms with Gasteiger partial charge < -0.3 is 4.74 Å². The van der Waals surface area contributed by atoms with Crippen molar-refractivity contribution in [1.29, 1.82) is 0 Å². The van der Waals surface area contributed by atoms with Crippen molar-refractivity contribution in [2.75, 3.05) is 4.90 Å². The molecule has 2 aliphatic heterocycles. The average molecular weight is 241 g/mol. The van der Waals surface area contributed by atoms with Crippen molar-refractivity contribution in [3.63, 3.8) is 0 Å². The molecular formula is C14H11NO3. The van der Waals surface area contributed by atoms with Crippen LogP contribution in [0, 0.1) is 0 Å². The highest BCUT2D eigenvalue weighted by Gasteiger charge is 2.51.